The highest BCUT2D eigenvalue weighted by Gasteiger charge is 2.18. The molecule has 5 heteroatoms. The molecule has 0 spiro atoms. The molecule has 108 valence electrons. The van der Waals surface area contributed by atoms with E-state index in [-0.39, 0.29) is 18.0 Å². The number of nitrogens with one attached hydrogen (secondary N) is 1. The monoisotopic (exact) mass is 339 g/mol. The molecule has 0 amide bonds. The third-order valence-corrected chi connectivity index (χ3v) is 3.03. The van der Waals surface area contributed by atoms with Crippen LogP contribution in [0.2, 0.25) is 0 Å². The number of benzene rings is 1. The number of hydrogen-bond donors (Lipinski definition) is 1. The van der Waals surface area contributed by atoms with Gasteiger partial charge in [0.1, 0.15) is 5.57 Å². The predicted molar refractivity (Wildman–Crippen MR) is 82.4 cm³/mol. The highest BCUT2D eigenvalue weighted by Crippen LogP contribution is 2.15. The maximum absolute atomic E-state index is 11.9. The van der Waals surface area contributed by atoms with Crippen molar-refractivity contribution >= 4 is 33.4 Å². The summed E-state index contributed by atoms with van der Waals surface area (Å²) in [4.78, 5) is 23.7. The summed E-state index contributed by atoms with van der Waals surface area (Å²) in [6.07, 6.45) is 2.43. The van der Waals surface area contributed by atoms with E-state index >= 15 is 0 Å². The van der Waals surface area contributed by atoms with Crippen LogP contribution < -0.4 is 5.32 Å². The number of esters is 1. The van der Waals surface area contributed by atoms with Gasteiger partial charge in [0.05, 0.1) is 6.61 Å². The summed E-state index contributed by atoms with van der Waals surface area (Å²) < 4.78 is 5.86. The van der Waals surface area contributed by atoms with Crippen LogP contribution in [0.4, 0.5) is 5.69 Å². The molecule has 0 unspecified atom stereocenters. The lowest BCUT2D eigenvalue weighted by Gasteiger charge is -2.07. The fourth-order valence-corrected chi connectivity index (χ4v) is 1.79. The highest BCUT2D eigenvalue weighted by molar-refractivity contribution is 9.10. The molecule has 0 bridgehead atoms. The SMILES string of the molecule is CCCC(=O)C(=CNc1ccc(Br)cc1)C(=O)OCC. The summed E-state index contributed by atoms with van der Waals surface area (Å²) in [6.45, 7) is 3.85. The van der Waals surface area contributed by atoms with Crippen molar-refractivity contribution in [2.24, 2.45) is 0 Å². The Morgan fingerprint density at radius 3 is 2.45 bits per heavy atom. The third-order valence-electron chi connectivity index (χ3n) is 2.50. The Morgan fingerprint density at radius 1 is 1.25 bits per heavy atom. The molecule has 0 aliphatic rings. The summed E-state index contributed by atoms with van der Waals surface area (Å²) in [5.41, 5.74) is 0.843. The number of ether oxygens (including phenoxy) is 1. The topological polar surface area (TPSA) is 55.4 Å². The van der Waals surface area contributed by atoms with Crippen LogP contribution in [0.25, 0.3) is 0 Å². The first-order valence-corrected chi connectivity index (χ1v) is 7.30. The van der Waals surface area contributed by atoms with Gasteiger partial charge in [-0.1, -0.05) is 22.9 Å². The minimum absolute atomic E-state index is 0.0524. The Morgan fingerprint density at radius 2 is 1.90 bits per heavy atom. The molecule has 1 N–H and O–H groups in total. The van der Waals surface area contributed by atoms with E-state index in [0.717, 1.165) is 10.2 Å². The second-order valence-electron chi connectivity index (χ2n) is 4.10. The van der Waals surface area contributed by atoms with E-state index in [1.165, 1.54) is 6.20 Å². The Bertz CT molecular complexity index is 474. The third kappa shape index (κ3) is 5.17. The molecule has 0 aliphatic carbocycles. The average molecular weight is 340 g/mol. The first kappa shape index (κ1) is 16.4. The minimum atomic E-state index is -0.587. The molecule has 0 aliphatic heterocycles. The van der Waals surface area contributed by atoms with E-state index in [1.807, 2.05) is 31.2 Å². The zero-order chi connectivity index (χ0) is 15.0. The van der Waals surface area contributed by atoms with E-state index in [9.17, 15) is 9.59 Å². The van der Waals surface area contributed by atoms with Gasteiger partial charge in [-0.15, -0.1) is 0 Å². The molecule has 20 heavy (non-hydrogen) atoms. The number of halogens is 1. The first-order valence-electron chi connectivity index (χ1n) is 6.51. The predicted octanol–water partition coefficient (Wildman–Crippen LogP) is 3.68. The van der Waals surface area contributed by atoms with Crippen LogP contribution >= 0.6 is 15.9 Å². The molecule has 0 saturated heterocycles. The van der Waals surface area contributed by atoms with Crippen LogP contribution in [0, 0.1) is 0 Å². The number of carbonyl (C=O) groups excluding carboxylic acids is 2. The molecule has 0 radical (unpaired) electrons. The van der Waals surface area contributed by atoms with Crippen molar-refractivity contribution in [3.63, 3.8) is 0 Å². The normalized spacial score (nSPS) is 11.1. The number of Topliss-reactive ketones (excluding diaryl/α,β-unsaturated/α-hetero) is 1. The van der Waals surface area contributed by atoms with Gasteiger partial charge in [0.15, 0.2) is 5.78 Å². The van der Waals surface area contributed by atoms with Crippen molar-refractivity contribution in [1.82, 2.24) is 0 Å². The van der Waals surface area contributed by atoms with Crippen LogP contribution in [0.5, 0.6) is 0 Å². The van der Waals surface area contributed by atoms with Crippen molar-refractivity contribution in [2.45, 2.75) is 26.7 Å². The molecule has 0 fully saturated rings. The molecular weight excluding hydrogens is 322 g/mol. The Hall–Kier alpha value is -1.62. The molecule has 1 rings (SSSR count). The Labute approximate surface area is 127 Å². The van der Waals surface area contributed by atoms with Crippen LogP contribution in [0.3, 0.4) is 0 Å². The van der Waals surface area contributed by atoms with Crippen molar-refractivity contribution in [3.05, 3.63) is 40.5 Å². The van der Waals surface area contributed by atoms with E-state index in [2.05, 4.69) is 21.2 Å². The first-order chi connectivity index (χ1) is 9.58. The largest absolute Gasteiger partial charge is 0.462 e. The Kier molecular flexibility index (Phi) is 7.01. The molecule has 0 heterocycles. The van der Waals surface area contributed by atoms with Gasteiger partial charge in [0.2, 0.25) is 0 Å². The maximum atomic E-state index is 11.9. The zero-order valence-electron chi connectivity index (χ0n) is 11.6. The molecule has 1 aromatic rings. The number of rotatable bonds is 7. The molecular formula is C15H18BrNO3. The lowest BCUT2D eigenvalue weighted by atomic mass is 10.1. The van der Waals surface area contributed by atoms with Gasteiger partial charge >= 0.3 is 5.97 Å². The van der Waals surface area contributed by atoms with Crippen molar-refractivity contribution in [3.8, 4) is 0 Å². The van der Waals surface area contributed by atoms with E-state index < -0.39 is 5.97 Å². The van der Waals surface area contributed by atoms with Crippen molar-refractivity contribution in [1.29, 1.82) is 0 Å². The fraction of sp³-hybridized carbons (Fsp3) is 0.333. The summed E-state index contributed by atoms with van der Waals surface area (Å²) in [5, 5.41) is 2.95. The van der Waals surface area contributed by atoms with Crippen molar-refractivity contribution in [2.75, 3.05) is 11.9 Å². The van der Waals surface area contributed by atoms with Gasteiger partial charge in [-0.25, -0.2) is 4.79 Å². The molecule has 1 aromatic carbocycles. The minimum Gasteiger partial charge on any atom is -0.462 e. The van der Waals surface area contributed by atoms with Crippen LogP contribution in [-0.2, 0) is 14.3 Å². The summed E-state index contributed by atoms with van der Waals surface area (Å²) >= 11 is 3.34. The molecule has 4 nitrogen and oxygen atoms in total. The fourth-order valence-electron chi connectivity index (χ4n) is 1.53. The van der Waals surface area contributed by atoms with E-state index in [4.69, 9.17) is 4.74 Å². The van der Waals surface area contributed by atoms with Gasteiger partial charge < -0.3 is 10.1 Å². The van der Waals surface area contributed by atoms with Crippen LogP contribution in [0.15, 0.2) is 40.5 Å². The second-order valence-corrected chi connectivity index (χ2v) is 5.02. The van der Waals surface area contributed by atoms with Crippen LogP contribution in [0.1, 0.15) is 26.7 Å². The highest BCUT2D eigenvalue weighted by atomic mass is 79.9. The van der Waals surface area contributed by atoms with Gasteiger partial charge in [0, 0.05) is 22.8 Å². The zero-order valence-corrected chi connectivity index (χ0v) is 13.2. The molecule has 0 aromatic heterocycles. The quantitative estimate of drug-likeness (QED) is 0.356. The van der Waals surface area contributed by atoms with E-state index in [0.29, 0.717) is 12.8 Å². The second kappa shape index (κ2) is 8.53. The molecule has 0 saturated carbocycles. The van der Waals surface area contributed by atoms with Crippen molar-refractivity contribution < 1.29 is 14.3 Å². The number of hydrogen-bond acceptors (Lipinski definition) is 4. The summed E-state index contributed by atoms with van der Waals surface area (Å²) in [5.74, 6) is -0.800. The van der Waals surface area contributed by atoms with Gasteiger partial charge in [0.25, 0.3) is 0 Å². The van der Waals surface area contributed by atoms with Gasteiger partial charge in [-0.2, -0.15) is 0 Å². The summed E-state index contributed by atoms with van der Waals surface area (Å²) in [7, 11) is 0. The lowest BCUT2D eigenvalue weighted by Crippen LogP contribution is -2.17. The Balaban J connectivity index is 2.86. The smallest absolute Gasteiger partial charge is 0.343 e. The molecule has 0 atom stereocenters. The lowest BCUT2D eigenvalue weighted by molar-refractivity contribution is -0.140. The number of carbonyl (C=O) groups is 2. The summed E-state index contributed by atoms with van der Waals surface area (Å²) in [6, 6.07) is 7.42. The number of anilines is 1. The van der Waals surface area contributed by atoms with Gasteiger partial charge in [-0.05, 0) is 37.6 Å². The van der Waals surface area contributed by atoms with Gasteiger partial charge in [-0.3, -0.25) is 4.79 Å². The maximum Gasteiger partial charge on any atom is 0.343 e. The van der Waals surface area contributed by atoms with Crippen LogP contribution in [-0.4, -0.2) is 18.4 Å². The average Bonchev–Trinajstić information content (AvgIpc) is 2.42. The standard InChI is InChI=1S/C15H18BrNO3/c1-3-5-14(18)13(15(19)20-4-2)10-17-12-8-6-11(16)7-9-12/h6-10,17H,3-5H2,1-2H3. The number of ketones is 1. The van der Waals surface area contributed by atoms with E-state index in [1.54, 1.807) is 6.92 Å².